The van der Waals surface area contributed by atoms with E-state index >= 15 is 0 Å². The van der Waals surface area contributed by atoms with Crippen LogP contribution < -0.4 is 11.1 Å². The molecule has 1 aromatic rings. The molecule has 3 N–H and O–H groups in total. The summed E-state index contributed by atoms with van der Waals surface area (Å²) in [6.45, 7) is 0.718. The topological polar surface area (TPSA) is 38.0 Å². The molecule has 0 saturated carbocycles. The van der Waals surface area contributed by atoms with Crippen LogP contribution in [0.3, 0.4) is 0 Å². The van der Waals surface area contributed by atoms with Crippen LogP contribution in [0.4, 0.5) is 4.39 Å². The maximum Gasteiger partial charge on any atom is 0.123 e. The first-order valence-electron chi connectivity index (χ1n) is 6.01. The Labute approximate surface area is 95.0 Å². The Morgan fingerprint density at radius 3 is 2.56 bits per heavy atom. The van der Waals surface area contributed by atoms with Gasteiger partial charge in [-0.05, 0) is 43.0 Å². The molecule has 16 heavy (non-hydrogen) atoms. The van der Waals surface area contributed by atoms with E-state index in [0.29, 0.717) is 23.9 Å². The van der Waals surface area contributed by atoms with E-state index in [1.54, 1.807) is 12.1 Å². The summed E-state index contributed by atoms with van der Waals surface area (Å²) in [6.07, 6.45) is 2.47. The molecule has 2 bridgehead atoms. The fraction of sp³-hybridized carbons (Fsp3) is 0.538. The first-order valence-corrected chi connectivity index (χ1v) is 6.01. The predicted molar refractivity (Wildman–Crippen MR) is 61.6 cm³/mol. The molecule has 0 spiro atoms. The van der Waals surface area contributed by atoms with E-state index in [1.807, 2.05) is 12.1 Å². The Kier molecular flexibility index (Phi) is 2.45. The van der Waals surface area contributed by atoms with Crippen LogP contribution in [0.15, 0.2) is 24.3 Å². The fourth-order valence-electron chi connectivity index (χ4n) is 3.45. The van der Waals surface area contributed by atoms with E-state index in [9.17, 15) is 4.39 Å². The molecule has 2 aliphatic heterocycles. The van der Waals surface area contributed by atoms with Gasteiger partial charge in [-0.3, -0.25) is 0 Å². The molecule has 4 atom stereocenters. The highest BCUT2D eigenvalue weighted by atomic mass is 19.1. The predicted octanol–water partition coefficient (Wildman–Crippen LogP) is 1.62. The lowest BCUT2D eigenvalue weighted by Crippen LogP contribution is -2.31. The van der Waals surface area contributed by atoms with Gasteiger partial charge in [-0.1, -0.05) is 12.1 Å². The minimum Gasteiger partial charge on any atom is -0.330 e. The Hall–Kier alpha value is -0.930. The second-order valence-corrected chi connectivity index (χ2v) is 4.93. The highest BCUT2D eigenvalue weighted by Crippen LogP contribution is 2.43. The average molecular weight is 220 g/mol. The quantitative estimate of drug-likeness (QED) is 0.794. The standard InChI is InChI=1S/C13H17FN2/c14-9-3-1-8(2-4-9)13-10(7-15)11-5-6-12(13)16-11/h1-4,10-13,16H,5-7,15H2. The molecule has 0 radical (unpaired) electrons. The van der Waals surface area contributed by atoms with Crippen molar-refractivity contribution >= 4 is 0 Å². The van der Waals surface area contributed by atoms with Crippen molar-refractivity contribution in [3.8, 4) is 0 Å². The molecule has 4 unspecified atom stereocenters. The van der Waals surface area contributed by atoms with Crippen molar-refractivity contribution in [1.29, 1.82) is 0 Å². The third kappa shape index (κ3) is 1.46. The van der Waals surface area contributed by atoms with Crippen LogP contribution in [0.25, 0.3) is 0 Å². The van der Waals surface area contributed by atoms with Crippen molar-refractivity contribution in [3.05, 3.63) is 35.6 Å². The molecule has 0 amide bonds. The number of nitrogens with two attached hydrogens (primary N) is 1. The Balaban J connectivity index is 1.91. The summed E-state index contributed by atoms with van der Waals surface area (Å²) >= 11 is 0. The van der Waals surface area contributed by atoms with Crippen LogP contribution >= 0.6 is 0 Å². The van der Waals surface area contributed by atoms with Crippen molar-refractivity contribution in [1.82, 2.24) is 5.32 Å². The molecule has 0 aromatic heterocycles. The Morgan fingerprint density at radius 1 is 1.19 bits per heavy atom. The number of fused-ring (bicyclic) bond motifs is 2. The molecule has 2 nitrogen and oxygen atoms in total. The van der Waals surface area contributed by atoms with E-state index < -0.39 is 0 Å². The van der Waals surface area contributed by atoms with Gasteiger partial charge in [-0.25, -0.2) is 4.39 Å². The van der Waals surface area contributed by atoms with Gasteiger partial charge < -0.3 is 11.1 Å². The van der Waals surface area contributed by atoms with E-state index in [4.69, 9.17) is 5.73 Å². The SMILES string of the molecule is NCC1C2CCC(N2)C1c1ccc(F)cc1. The zero-order valence-electron chi connectivity index (χ0n) is 9.20. The molecule has 3 heteroatoms. The van der Waals surface area contributed by atoms with Crippen molar-refractivity contribution < 1.29 is 4.39 Å². The third-order valence-corrected chi connectivity index (χ3v) is 4.16. The van der Waals surface area contributed by atoms with E-state index in [2.05, 4.69) is 5.32 Å². The minimum atomic E-state index is -0.163. The van der Waals surface area contributed by atoms with E-state index in [1.165, 1.54) is 18.4 Å². The lowest BCUT2D eigenvalue weighted by molar-refractivity contribution is 0.365. The molecule has 1 aromatic carbocycles. The first kappa shape index (κ1) is 10.2. The van der Waals surface area contributed by atoms with Gasteiger partial charge in [0.25, 0.3) is 0 Å². The van der Waals surface area contributed by atoms with Gasteiger partial charge in [-0.2, -0.15) is 0 Å². The molecular formula is C13H17FN2. The summed E-state index contributed by atoms with van der Waals surface area (Å²) in [7, 11) is 0. The molecular weight excluding hydrogens is 203 g/mol. The number of hydrogen-bond donors (Lipinski definition) is 2. The van der Waals surface area contributed by atoms with E-state index in [-0.39, 0.29) is 5.82 Å². The summed E-state index contributed by atoms with van der Waals surface area (Å²) in [5.74, 6) is 0.831. The van der Waals surface area contributed by atoms with Gasteiger partial charge in [0.05, 0.1) is 0 Å². The van der Waals surface area contributed by atoms with Crippen molar-refractivity contribution in [3.63, 3.8) is 0 Å². The van der Waals surface area contributed by atoms with Crippen LogP contribution in [0.2, 0.25) is 0 Å². The van der Waals surface area contributed by atoms with Gasteiger partial charge in [0.1, 0.15) is 5.82 Å². The van der Waals surface area contributed by atoms with Crippen molar-refractivity contribution in [2.75, 3.05) is 6.54 Å². The van der Waals surface area contributed by atoms with Crippen molar-refractivity contribution in [2.24, 2.45) is 11.7 Å². The highest BCUT2D eigenvalue weighted by molar-refractivity contribution is 5.27. The van der Waals surface area contributed by atoms with Crippen LogP contribution in [-0.2, 0) is 0 Å². The first-order chi connectivity index (χ1) is 7.79. The summed E-state index contributed by atoms with van der Waals surface area (Å²) in [5.41, 5.74) is 7.10. The molecule has 2 heterocycles. The molecule has 2 saturated heterocycles. The molecule has 2 aliphatic rings. The van der Waals surface area contributed by atoms with Gasteiger partial charge >= 0.3 is 0 Å². The zero-order chi connectivity index (χ0) is 11.1. The average Bonchev–Trinajstić information content (AvgIpc) is 2.89. The lowest BCUT2D eigenvalue weighted by Gasteiger charge is -2.28. The van der Waals surface area contributed by atoms with Gasteiger partial charge in [-0.15, -0.1) is 0 Å². The number of hydrogen-bond acceptors (Lipinski definition) is 2. The van der Waals surface area contributed by atoms with Crippen LogP contribution in [0.1, 0.15) is 24.3 Å². The molecule has 86 valence electrons. The lowest BCUT2D eigenvalue weighted by atomic mass is 9.75. The minimum absolute atomic E-state index is 0.163. The van der Waals surface area contributed by atoms with Gasteiger partial charge in [0.15, 0.2) is 0 Å². The summed E-state index contributed by atoms with van der Waals surface area (Å²) < 4.78 is 12.9. The molecule has 0 aliphatic carbocycles. The summed E-state index contributed by atoms with van der Waals surface area (Å²) in [5, 5.41) is 3.62. The third-order valence-electron chi connectivity index (χ3n) is 4.16. The van der Waals surface area contributed by atoms with Crippen LogP contribution in [0, 0.1) is 11.7 Å². The zero-order valence-corrected chi connectivity index (χ0v) is 9.20. The summed E-state index contributed by atoms with van der Waals surface area (Å²) in [4.78, 5) is 0. The molecule has 2 fully saturated rings. The van der Waals surface area contributed by atoms with Gasteiger partial charge in [0.2, 0.25) is 0 Å². The van der Waals surface area contributed by atoms with Crippen LogP contribution in [-0.4, -0.2) is 18.6 Å². The smallest absolute Gasteiger partial charge is 0.123 e. The monoisotopic (exact) mass is 220 g/mol. The number of rotatable bonds is 2. The normalized spacial score (nSPS) is 36.9. The Bertz CT molecular complexity index is 376. The maximum absolute atomic E-state index is 12.9. The maximum atomic E-state index is 12.9. The second-order valence-electron chi connectivity index (χ2n) is 4.93. The van der Waals surface area contributed by atoms with E-state index in [0.717, 1.165) is 6.54 Å². The largest absolute Gasteiger partial charge is 0.330 e. The van der Waals surface area contributed by atoms with Gasteiger partial charge in [0, 0.05) is 18.0 Å². The Morgan fingerprint density at radius 2 is 1.88 bits per heavy atom. The number of benzene rings is 1. The summed E-state index contributed by atoms with van der Waals surface area (Å²) in [6, 6.07) is 8.04. The van der Waals surface area contributed by atoms with Crippen LogP contribution in [0.5, 0.6) is 0 Å². The highest BCUT2D eigenvalue weighted by Gasteiger charge is 2.46. The second kappa shape index (κ2) is 3.82. The molecule has 3 rings (SSSR count). The fourth-order valence-corrected chi connectivity index (χ4v) is 3.45. The van der Waals surface area contributed by atoms with Crippen molar-refractivity contribution in [2.45, 2.75) is 30.8 Å². The number of halogens is 1. The number of nitrogens with one attached hydrogen (secondary N) is 1.